The molecule has 1 N–H and O–H groups in total. The summed E-state index contributed by atoms with van der Waals surface area (Å²) in [7, 11) is 0. The zero-order valence-electron chi connectivity index (χ0n) is 19.8. The van der Waals surface area contributed by atoms with E-state index in [1.807, 2.05) is 53.2 Å². The lowest BCUT2D eigenvalue weighted by Gasteiger charge is -2.13. The van der Waals surface area contributed by atoms with E-state index in [9.17, 15) is 10.1 Å². The molecule has 1 amide bonds. The van der Waals surface area contributed by atoms with Crippen molar-refractivity contribution in [1.29, 1.82) is 5.26 Å². The average molecular weight is 470 g/mol. The van der Waals surface area contributed by atoms with Crippen molar-refractivity contribution in [3.05, 3.63) is 66.7 Å². The molecule has 1 fully saturated rings. The van der Waals surface area contributed by atoms with Gasteiger partial charge in [0.25, 0.3) is 0 Å². The minimum Gasteiger partial charge on any atom is -0.492 e. The molecule has 2 aromatic carbocycles. The minimum absolute atomic E-state index is 0.193. The number of nitrogens with zero attached hydrogens (tertiary/aromatic N) is 4. The number of ether oxygens (including phenoxy) is 2. The molecule has 178 valence electrons. The predicted molar refractivity (Wildman–Crippen MR) is 133 cm³/mol. The topological polar surface area (TPSA) is 94.1 Å². The first kappa shape index (κ1) is 22.5. The maximum Gasteiger partial charge on any atom is 0.411 e. The first-order valence-electron chi connectivity index (χ1n) is 11.8. The van der Waals surface area contributed by atoms with Gasteiger partial charge in [-0.05, 0) is 56.5 Å². The molecule has 5 rings (SSSR count). The van der Waals surface area contributed by atoms with Crippen LogP contribution in [-0.2, 0) is 11.3 Å². The van der Waals surface area contributed by atoms with Gasteiger partial charge in [-0.2, -0.15) is 5.26 Å². The summed E-state index contributed by atoms with van der Waals surface area (Å²) in [5.41, 5.74) is 4.12. The highest BCUT2D eigenvalue weighted by molar-refractivity contribution is 5.96. The summed E-state index contributed by atoms with van der Waals surface area (Å²) >= 11 is 0. The lowest BCUT2D eigenvalue weighted by atomic mass is 10.1. The summed E-state index contributed by atoms with van der Waals surface area (Å²) in [4.78, 5) is 16.0. The van der Waals surface area contributed by atoms with Crippen LogP contribution in [0.25, 0.3) is 22.2 Å². The van der Waals surface area contributed by atoms with Gasteiger partial charge in [0, 0.05) is 35.6 Å². The normalized spacial score (nSPS) is 13.1. The van der Waals surface area contributed by atoms with Gasteiger partial charge in [0.05, 0.1) is 35.8 Å². The van der Waals surface area contributed by atoms with E-state index >= 15 is 0 Å². The molecule has 1 saturated carbocycles. The van der Waals surface area contributed by atoms with Crippen LogP contribution in [0.5, 0.6) is 5.75 Å². The molecule has 0 aliphatic heterocycles. The molecule has 1 aliphatic carbocycles. The van der Waals surface area contributed by atoms with Crippen LogP contribution in [-0.4, -0.2) is 32.9 Å². The number of nitrogens with one attached hydrogen (secondary N) is 1. The summed E-state index contributed by atoms with van der Waals surface area (Å²) in [5.74, 6) is 0.774. The van der Waals surface area contributed by atoms with Crippen LogP contribution in [0.15, 0.2) is 61.2 Å². The maximum absolute atomic E-state index is 11.9. The van der Waals surface area contributed by atoms with Crippen LogP contribution >= 0.6 is 0 Å². The Morgan fingerprint density at radius 1 is 1.23 bits per heavy atom. The quantitative estimate of drug-likeness (QED) is 0.355. The van der Waals surface area contributed by atoms with Gasteiger partial charge in [-0.15, -0.1) is 0 Å². The number of amides is 1. The van der Waals surface area contributed by atoms with Crippen molar-refractivity contribution in [3.63, 3.8) is 0 Å². The van der Waals surface area contributed by atoms with Gasteiger partial charge >= 0.3 is 6.09 Å². The number of hydrogen-bond acceptors (Lipinski definition) is 5. The van der Waals surface area contributed by atoms with E-state index in [4.69, 9.17) is 9.47 Å². The van der Waals surface area contributed by atoms with Crippen molar-refractivity contribution in [2.45, 2.75) is 45.4 Å². The number of carbonyl (C=O) groups is 1. The summed E-state index contributed by atoms with van der Waals surface area (Å²) in [6, 6.07) is 16.2. The van der Waals surface area contributed by atoms with Gasteiger partial charge < -0.3 is 18.6 Å². The van der Waals surface area contributed by atoms with Gasteiger partial charge in [-0.3, -0.25) is 5.32 Å². The van der Waals surface area contributed by atoms with Crippen molar-refractivity contribution in [2.24, 2.45) is 0 Å². The highest BCUT2D eigenvalue weighted by atomic mass is 16.6. The fraction of sp³-hybridized carbons (Fsp3) is 0.296. The smallest absolute Gasteiger partial charge is 0.411 e. The molecule has 1 aliphatic rings. The molecule has 0 unspecified atom stereocenters. The minimum atomic E-state index is -0.488. The van der Waals surface area contributed by atoms with E-state index in [-0.39, 0.29) is 6.10 Å². The highest BCUT2D eigenvalue weighted by Gasteiger charge is 2.30. The van der Waals surface area contributed by atoms with Gasteiger partial charge in [-0.1, -0.05) is 12.1 Å². The molecule has 0 atom stereocenters. The summed E-state index contributed by atoms with van der Waals surface area (Å²) in [6.07, 6.45) is 6.90. The molecule has 0 spiro atoms. The summed E-state index contributed by atoms with van der Waals surface area (Å²) < 4.78 is 15.4. The zero-order chi connectivity index (χ0) is 24.4. The fourth-order valence-corrected chi connectivity index (χ4v) is 4.25. The number of aromatic nitrogens is 3. The molecule has 8 heteroatoms. The summed E-state index contributed by atoms with van der Waals surface area (Å²) in [5, 5.41) is 13.7. The van der Waals surface area contributed by atoms with Crippen LogP contribution < -0.4 is 10.1 Å². The van der Waals surface area contributed by atoms with Crippen LogP contribution in [0.2, 0.25) is 0 Å². The van der Waals surface area contributed by atoms with Crippen LogP contribution in [0, 0.1) is 11.3 Å². The largest absolute Gasteiger partial charge is 0.492 e. The highest BCUT2D eigenvalue weighted by Crippen LogP contribution is 2.45. The Hall–Kier alpha value is -4.25. The van der Waals surface area contributed by atoms with Gasteiger partial charge in [0.2, 0.25) is 0 Å². The monoisotopic (exact) mass is 469 g/mol. The maximum atomic E-state index is 11.9. The number of benzene rings is 2. The first-order valence-corrected chi connectivity index (χ1v) is 11.8. The van der Waals surface area contributed by atoms with Crippen LogP contribution in [0.1, 0.15) is 38.3 Å². The standard InChI is InChI=1S/C27H27N5O3/c1-18(2)35-27(33)30-20-5-3-19(4-6-20)26-24(16-28)23-10-9-22(15-25(23)32(26)21-7-8-21)34-14-13-31-12-11-29-17-31/h3-6,9-12,15,17-18,21H,7-8,13-14H2,1-2H3,(H,30,33). The number of anilines is 1. The molecule has 35 heavy (non-hydrogen) atoms. The van der Waals surface area contributed by atoms with Crippen LogP contribution in [0.4, 0.5) is 10.5 Å². The number of imidazole rings is 1. The Bertz CT molecular complexity index is 1380. The Balaban J connectivity index is 1.45. The second kappa shape index (κ2) is 9.55. The lowest BCUT2D eigenvalue weighted by molar-refractivity contribution is 0.130. The van der Waals surface area contributed by atoms with E-state index < -0.39 is 6.09 Å². The second-order valence-electron chi connectivity index (χ2n) is 8.92. The molecule has 0 bridgehead atoms. The molecule has 2 heterocycles. The Kier molecular flexibility index (Phi) is 6.15. The third-order valence-corrected chi connectivity index (χ3v) is 5.92. The zero-order valence-corrected chi connectivity index (χ0v) is 19.8. The van der Waals surface area contributed by atoms with E-state index in [1.165, 1.54) is 0 Å². The number of nitriles is 1. The van der Waals surface area contributed by atoms with Crippen molar-refractivity contribution < 1.29 is 14.3 Å². The molecule has 4 aromatic rings. The molecule has 0 saturated heterocycles. The predicted octanol–water partition coefficient (Wildman–Crippen LogP) is 5.75. The number of rotatable bonds is 8. The van der Waals surface area contributed by atoms with Crippen LogP contribution in [0.3, 0.4) is 0 Å². The average Bonchev–Trinajstić information content (AvgIpc) is 3.43. The third kappa shape index (κ3) is 4.85. The Labute approximate surface area is 203 Å². The van der Waals surface area contributed by atoms with Gasteiger partial charge in [-0.25, -0.2) is 9.78 Å². The van der Waals surface area contributed by atoms with E-state index in [0.29, 0.717) is 30.4 Å². The van der Waals surface area contributed by atoms with E-state index in [0.717, 1.165) is 40.8 Å². The van der Waals surface area contributed by atoms with Crippen molar-refractivity contribution in [2.75, 3.05) is 11.9 Å². The third-order valence-electron chi connectivity index (χ3n) is 5.92. The fourth-order valence-electron chi connectivity index (χ4n) is 4.25. The molecule has 2 aromatic heterocycles. The van der Waals surface area contributed by atoms with E-state index in [2.05, 4.69) is 20.9 Å². The Morgan fingerprint density at radius 2 is 2.03 bits per heavy atom. The molecular formula is C27H27N5O3. The molecule has 0 radical (unpaired) electrons. The van der Waals surface area contributed by atoms with E-state index in [1.54, 1.807) is 26.4 Å². The molecule has 8 nitrogen and oxygen atoms in total. The molecular weight excluding hydrogens is 442 g/mol. The first-order chi connectivity index (χ1) is 17.0. The lowest BCUT2D eigenvalue weighted by Crippen LogP contribution is -2.17. The van der Waals surface area contributed by atoms with Gasteiger partial charge in [0.15, 0.2) is 0 Å². The van der Waals surface area contributed by atoms with Crippen molar-refractivity contribution in [1.82, 2.24) is 14.1 Å². The number of fused-ring (bicyclic) bond motifs is 1. The van der Waals surface area contributed by atoms with Crippen molar-refractivity contribution in [3.8, 4) is 23.1 Å². The number of hydrogen-bond donors (Lipinski definition) is 1. The van der Waals surface area contributed by atoms with Gasteiger partial charge in [0.1, 0.15) is 18.4 Å². The Morgan fingerprint density at radius 3 is 2.69 bits per heavy atom. The number of carbonyl (C=O) groups excluding carboxylic acids is 1. The summed E-state index contributed by atoms with van der Waals surface area (Å²) in [6.45, 7) is 4.84. The second-order valence-corrected chi connectivity index (χ2v) is 8.92. The van der Waals surface area contributed by atoms with Crippen molar-refractivity contribution >= 4 is 22.7 Å². The SMILES string of the molecule is CC(C)OC(=O)Nc1ccc(-c2c(C#N)c3ccc(OCCn4ccnc4)cc3n2C2CC2)cc1.